The van der Waals surface area contributed by atoms with E-state index in [0.29, 0.717) is 5.69 Å². The number of anilines is 2. The summed E-state index contributed by atoms with van der Waals surface area (Å²) in [6, 6.07) is 10.0. The Kier molecular flexibility index (Phi) is 6.15. The van der Waals surface area contributed by atoms with Crippen molar-refractivity contribution in [3.05, 3.63) is 59.2 Å². The maximum atomic E-state index is 12.8. The number of carbonyl (C=O) groups is 4. The van der Waals surface area contributed by atoms with E-state index >= 15 is 0 Å². The third-order valence-corrected chi connectivity index (χ3v) is 4.93. The number of nitrogens with zero attached hydrogens (tertiary/aromatic N) is 1. The van der Waals surface area contributed by atoms with Gasteiger partial charge in [-0.3, -0.25) is 9.59 Å². The quantitative estimate of drug-likeness (QED) is 0.571. The maximum absolute atomic E-state index is 12.8. The minimum absolute atomic E-state index is 0.0680. The zero-order valence-corrected chi connectivity index (χ0v) is 16.4. The molecule has 156 valence electrons. The second kappa shape index (κ2) is 8.77. The summed E-state index contributed by atoms with van der Waals surface area (Å²) in [6.45, 7) is 2.12. The van der Waals surface area contributed by atoms with Crippen LogP contribution in [0.5, 0.6) is 0 Å². The van der Waals surface area contributed by atoms with Gasteiger partial charge in [-0.25, -0.2) is 14.5 Å². The molecule has 8 heteroatoms. The Labute approximate surface area is 173 Å². The molecule has 0 aromatic heterocycles. The molecule has 3 rings (SSSR count). The van der Waals surface area contributed by atoms with Crippen LogP contribution in [-0.2, 0) is 16.0 Å². The number of hydrogen-bond acceptors (Lipinski definition) is 5. The van der Waals surface area contributed by atoms with Gasteiger partial charge in [-0.05, 0) is 48.7 Å². The van der Waals surface area contributed by atoms with Crippen LogP contribution in [0.1, 0.15) is 52.5 Å². The molecule has 2 aromatic rings. The highest BCUT2D eigenvalue weighted by atomic mass is 16.4. The topological polar surface area (TPSA) is 124 Å². The summed E-state index contributed by atoms with van der Waals surface area (Å²) in [5, 5.41) is 21.5. The predicted octanol–water partition coefficient (Wildman–Crippen LogP) is 3.17. The summed E-state index contributed by atoms with van der Waals surface area (Å²) in [6.07, 6.45) is 3.04. The molecule has 0 spiro atoms. The number of hydrogen-bond donors (Lipinski definition) is 3. The number of imide groups is 1. The number of rotatable bonds is 8. The number of carboxylic acids is 2. The number of carbonyl (C=O) groups excluding carboxylic acids is 2. The molecule has 0 bridgehead atoms. The molecule has 1 aliphatic heterocycles. The van der Waals surface area contributed by atoms with Crippen molar-refractivity contribution in [1.29, 1.82) is 0 Å². The van der Waals surface area contributed by atoms with Crippen molar-refractivity contribution in [2.24, 2.45) is 0 Å². The van der Waals surface area contributed by atoms with Gasteiger partial charge < -0.3 is 15.5 Å². The van der Waals surface area contributed by atoms with Gasteiger partial charge in [0.2, 0.25) is 5.91 Å². The Morgan fingerprint density at radius 2 is 1.63 bits per heavy atom. The lowest BCUT2D eigenvalue weighted by molar-refractivity contribution is -0.121. The van der Waals surface area contributed by atoms with E-state index in [1.165, 1.54) is 5.56 Å². The minimum Gasteiger partial charge on any atom is -0.478 e. The van der Waals surface area contributed by atoms with E-state index in [1.54, 1.807) is 0 Å². The molecule has 1 fully saturated rings. The van der Waals surface area contributed by atoms with Gasteiger partial charge in [0.15, 0.2) is 0 Å². The van der Waals surface area contributed by atoms with Gasteiger partial charge in [-0.1, -0.05) is 25.5 Å². The van der Waals surface area contributed by atoms with Crippen LogP contribution in [0, 0.1) is 0 Å². The first-order chi connectivity index (χ1) is 14.3. The molecule has 0 radical (unpaired) electrons. The average Bonchev–Trinajstić information content (AvgIpc) is 3.00. The second-order valence-corrected chi connectivity index (χ2v) is 7.15. The van der Waals surface area contributed by atoms with Gasteiger partial charge in [0.25, 0.3) is 5.91 Å². The monoisotopic (exact) mass is 410 g/mol. The molecule has 0 saturated carbocycles. The number of aromatic carboxylic acids is 2. The largest absolute Gasteiger partial charge is 0.478 e. The second-order valence-electron chi connectivity index (χ2n) is 7.15. The molecule has 2 aromatic carbocycles. The first kappa shape index (κ1) is 21.0. The summed E-state index contributed by atoms with van der Waals surface area (Å²) < 4.78 is 0. The summed E-state index contributed by atoms with van der Waals surface area (Å²) in [5.74, 6) is -3.79. The lowest BCUT2D eigenvalue weighted by Crippen LogP contribution is -2.35. The molecule has 0 aliphatic carbocycles. The van der Waals surface area contributed by atoms with Crippen molar-refractivity contribution >= 4 is 35.1 Å². The van der Waals surface area contributed by atoms with E-state index < -0.39 is 29.8 Å². The average molecular weight is 410 g/mol. The highest BCUT2D eigenvalue weighted by Gasteiger charge is 2.40. The van der Waals surface area contributed by atoms with E-state index in [0.717, 1.165) is 42.4 Å². The van der Waals surface area contributed by atoms with Crippen molar-refractivity contribution in [1.82, 2.24) is 0 Å². The molecule has 1 atom stereocenters. The smallest absolute Gasteiger partial charge is 0.335 e. The van der Waals surface area contributed by atoms with E-state index in [2.05, 4.69) is 12.2 Å². The molecule has 30 heavy (non-hydrogen) atoms. The Morgan fingerprint density at radius 3 is 2.17 bits per heavy atom. The van der Waals surface area contributed by atoms with Gasteiger partial charge >= 0.3 is 11.9 Å². The van der Waals surface area contributed by atoms with E-state index in [4.69, 9.17) is 0 Å². The summed E-state index contributed by atoms with van der Waals surface area (Å²) >= 11 is 0. The van der Waals surface area contributed by atoms with Crippen LogP contribution in [0.3, 0.4) is 0 Å². The number of amides is 2. The van der Waals surface area contributed by atoms with Crippen LogP contribution in [0.2, 0.25) is 0 Å². The first-order valence-corrected chi connectivity index (χ1v) is 9.64. The Hall–Kier alpha value is -3.68. The SMILES string of the molecule is CCCCc1ccc(NC2CC(=O)N(c3cc(C(=O)O)cc(C(=O)O)c3)C2=O)cc1. The zero-order valence-electron chi connectivity index (χ0n) is 16.4. The highest BCUT2D eigenvalue weighted by Crippen LogP contribution is 2.27. The summed E-state index contributed by atoms with van der Waals surface area (Å²) in [7, 11) is 0. The van der Waals surface area contributed by atoms with Gasteiger partial charge in [0, 0.05) is 5.69 Å². The van der Waals surface area contributed by atoms with Gasteiger partial charge in [0.05, 0.1) is 23.2 Å². The van der Waals surface area contributed by atoms with Crippen LogP contribution < -0.4 is 10.2 Å². The molecule has 3 N–H and O–H groups in total. The third-order valence-electron chi connectivity index (χ3n) is 4.93. The maximum Gasteiger partial charge on any atom is 0.335 e. The molecule has 1 saturated heterocycles. The van der Waals surface area contributed by atoms with Crippen LogP contribution >= 0.6 is 0 Å². The Morgan fingerprint density at radius 1 is 1.03 bits per heavy atom. The normalized spacial score (nSPS) is 16.0. The van der Waals surface area contributed by atoms with Crippen molar-refractivity contribution in [2.45, 2.75) is 38.6 Å². The molecular weight excluding hydrogens is 388 g/mol. The van der Waals surface area contributed by atoms with Crippen molar-refractivity contribution in [3.8, 4) is 0 Å². The molecule has 2 amide bonds. The molecule has 1 heterocycles. The van der Waals surface area contributed by atoms with E-state index in [9.17, 15) is 29.4 Å². The van der Waals surface area contributed by atoms with Crippen LogP contribution in [-0.4, -0.2) is 40.0 Å². The van der Waals surface area contributed by atoms with Gasteiger partial charge in [-0.2, -0.15) is 0 Å². The Balaban J connectivity index is 1.81. The highest BCUT2D eigenvalue weighted by molar-refractivity contribution is 6.23. The van der Waals surface area contributed by atoms with Crippen LogP contribution in [0.4, 0.5) is 11.4 Å². The lowest BCUT2D eigenvalue weighted by Gasteiger charge is -2.17. The third kappa shape index (κ3) is 4.48. The standard InChI is InChI=1S/C22H22N2O6/c1-2-3-4-13-5-7-16(8-6-13)23-18-12-19(25)24(20(18)26)17-10-14(21(27)28)9-15(11-17)22(29)30/h5-11,18,23H,2-4,12H2,1H3,(H,27,28)(H,29,30). The molecule has 1 aliphatic rings. The molecular formula is C22H22N2O6. The number of benzene rings is 2. The zero-order chi connectivity index (χ0) is 21.8. The van der Waals surface area contributed by atoms with Gasteiger partial charge in [-0.15, -0.1) is 0 Å². The van der Waals surface area contributed by atoms with Crippen molar-refractivity contribution < 1.29 is 29.4 Å². The Bertz CT molecular complexity index is 967. The number of nitrogens with one attached hydrogen (secondary N) is 1. The number of aryl methyl sites for hydroxylation is 1. The fourth-order valence-corrected chi connectivity index (χ4v) is 3.35. The van der Waals surface area contributed by atoms with Crippen LogP contribution in [0.15, 0.2) is 42.5 Å². The number of unbranched alkanes of at least 4 members (excludes halogenated alkanes) is 1. The lowest BCUT2D eigenvalue weighted by atomic mass is 10.1. The van der Waals surface area contributed by atoms with Crippen molar-refractivity contribution in [2.75, 3.05) is 10.2 Å². The van der Waals surface area contributed by atoms with Crippen molar-refractivity contribution in [3.63, 3.8) is 0 Å². The van der Waals surface area contributed by atoms with Gasteiger partial charge in [0.1, 0.15) is 6.04 Å². The summed E-state index contributed by atoms with van der Waals surface area (Å²) in [5.41, 5.74) is 1.17. The number of carboxylic acid groups (broad SMARTS) is 2. The first-order valence-electron chi connectivity index (χ1n) is 9.64. The predicted molar refractivity (Wildman–Crippen MR) is 110 cm³/mol. The van der Waals surface area contributed by atoms with Crippen LogP contribution in [0.25, 0.3) is 0 Å². The van der Waals surface area contributed by atoms with E-state index in [1.807, 2.05) is 24.3 Å². The van der Waals surface area contributed by atoms with E-state index in [-0.39, 0.29) is 23.2 Å². The molecule has 8 nitrogen and oxygen atoms in total. The summed E-state index contributed by atoms with van der Waals surface area (Å²) in [4.78, 5) is 48.8. The minimum atomic E-state index is -1.35. The molecule has 1 unspecified atom stereocenters. The fourth-order valence-electron chi connectivity index (χ4n) is 3.35. The fraction of sp³-hybridized carbons (Fsp3) is 0.273.